The van der Waals surface area contributed by atoms with Crippen LogP contribution in [0.15, 0.2) is 36.4 Å². The molecule has 1 amide bonds. The normalized spacial score (nSPS) is 24.5. The zero-order valence-electron chi connectivity index (χ0n) is 21.5. The number of halogens is 3. The molecule has 2 aromatic carbocycles. The lowest BCUT2D eigenvalue weighted by Gasteiger charge is -2.38. The molecule has 3 rings (SSSR count). The van der Waals surface area contributed by atoms with Crippen molar-refractivity contribution in [3.63, 3.8) is 0 Å². The summed E-state index contributed by atoms with van der Waals surface area (Å²) in [6.45, 7) is 7.67. The van der Waals surface area contributed by atoms with Crippen LogP contribution in [0.4, 0.5) is 4.39 Å². The summed E-state index contributed by atoms with van der Waals surface area (Å²) in [5.74, 6) is -2.03. The molecule has 200 valence electrons. The number of hydrogen-bond donors (Lipinski definition) is 4. The molecule has 0 spiro atoms. The third kappa shape index (κ3) is 6.10. The number of benzene rings is 2. The monoisotopic (exact) mass is 549 g/mol. The summed E-state index contributed by atoms with van der Waals surface area (Å²) in [5.41, 5.74) is 0.0301. The highest BCUT2D eigenvalue weighted by Gasteiger charge is 2.60. The quantitative estimate of drug-likeness (QED) is 0.384. The van der Waals surface area contributed by atoms with Gasteiger partial charge in [-0.25, -0.2) is 4.39 Å². The van der Waals surface area contributed by atoms with Crippen molar-refractivity contribution >= 4 is 29.1 Å². The number of carbonyl (C=O) groups excluding carboxylic acids is 1. The van der Waals surface area contributed by atoms with E-state index in [1.807, 2.05) is 27.7 Å². The van der Waals surface area contributed by atoms with Gasteiger partial charge in [-0.05, 0) is 60.1 Å². The number of aryl methyl sites for hydroxylation is 1. The number of hydrogen-bond acceptors (Lipinski definition) is 5. The van der Waals surface area contributed by atoms with E-state index in [0.29, 0.717) is 17.0 Å². The van der Waals surface area contributed by atoms with Gasteiger partial charge in [-0.15, -0.1) is 0 Å². The molecular weight excluding hydrogens is 516 g/mol. The predicted molar refractivity (Wildman–Crippen MR) is 143 cm³/mol. The van der Waals surface area contributed by atoms with Crippen molar-refractivity contribution in [2.24, 2.45) is 5.41 Å². The summed E-state index contributed by atoms with van der Waals surface area (Å²) in [6.07, 6.45) is -0.300. The molecule has 1 aliphatic heterocycles. The van der Waals surface area contributed by atoms with Gasteiger partial charge in [0.05, 0.1) is 29.8 Å². The highest BCUT2D eigenvalue weighted by atomic mass is 35.5. The first-order chi connectivity index (χ1) is 17.4. The first kappa shape index (κ1) is 29.3. The molecule has 2 aromatic rings. The Morgan fingerprint density at radius 3 is 2.59 bits per heavy atom. The summed E-state index contributed by atoms with van der Waals surface area (Å²) in [6, 6.07) is 10.9. The minimum absolute atomic E-state index is 0.0957. The van der Waals surface area contributed by atoms with Gasteiger partial charge in [0.25, 0.3) is 0 Å². The van der Waals surface area contributed by atoms with Gasteiger partial charge in [-0.2, -0.15) is 5.26 Å². The minimum atomic E-state index is -1.33. The fraction of sp³-hybridized carbons (Fsp3) is 0.500. The van der Waals surface area contributed by atoms with E-state index >= 15 is 4.39 Å². The number of carbonyl (C=O) groups is 1. The van der Waals surface area contributed by atoms with Crippen molar-refractivity contribution in [1.29, 1.82) is 5.26 Å². The molecule has 0 aromatic heterocycles. The molecule has 1 saturated heterocycles. The van der Waals surface area contributed by atoms with E-state index in [9.17, 15) is 15.2 Å². The third-order valence-electron chi connectivity index (χ3n) is 6.98. The first-order valence-corrected chi connectivity index (χ1v) is 13.1. The Kier molecular flexibility index (Phi) is 9.26. The standard InChI is InChI=1S/C28H34Cl2FN3O3/c1-16-12-17(29)8-9-20(16)28(15-32)22(13-27(2,3)4)34-25(26(37)33-11-10-18(36)14-35)23(28)19-6-5-7-21(30)24(19)31/h5-9,12,18,22-23,25,34-36H,10-11,13-14H2,1-4H3,(H,33,37)/t18-,22-,23-,25+,28-/m0/s1. The van der Waals surface area contributed by atoms with E-state index < -0.39 is 47.9 Å². The SMILES string of the molecule is Cc1cc(Cl)ccc1[C@@]1(C#N)[C@H](CC(C)(C)C)N[C@@H](C(=O)NCC[C@H](O)CO)[C@@H]1c1cccc(Cl)c1F. The van der Waals surface area contributed by atoms with Crippen molar-refractivity contribution in [3.8, 4) is 6.07 Å². The number of nitrogens with zero attached hydrogens (tertiary/aromatic N) is 1. The second-order valence-corrected chi connectivity index (χ2v) is 11.8. The Hall–Kier alpha value is -2.21. The number of rotatable bonds is 8. The zero-order chi connectivity index (χ0) is 27.5. The van der Waals surface area contributed by atoms with Crippen molar-refractivity contribution in [2.45, 2.75) is 70.1 Å². The highest BCUT2D eigenvalue weighted by Crippen LogP contribution is 2.52. The maximum atomic E-state index is 15.6. The molecule has 5 atom stereocenters. The molecule has 6 nitrogen and oxygen atoms in total. The lowest BCUT2D eigenvalue weighted by Crippen LogP contribution is -2.46. The predicted octanol–water partition coefficient (Wildman–Crippen LogP) is 4.62. The second kappa shape index (κ2) is 11.7. The van der Waals surface area contributed by atoms with Crippen molar-refractivity contribution in [3.05, 3.63) is 69.0 Å². The van der Waals surface area contributed by atoms with Gasteiger partial charge in [-0.1, -0.05) is 62.2 Å². The summed E-state index contributed by atoms with van der Waals surface area (Å²) >= 11 is 12.4. The molecule has 0 radical (unpaired) electrons. The first-order valence-electron chi connectivity index (χ1n) is 12.3. The molecule has 0 aliphatic carbocycles. The molecule has 4 N–H and O–H groups in total. The molecule has 0 unspecified atom stereocenters. The molecule has 0 saturated carbocycles. The molecular formula is C28H34Cl2FN3O3. The molecule has 9 heteroatoms. The minimum Gasteiger partial charge on any atom is -0.394 e. The van der Waals surface area contributed by atoms with Crippen molar-refractivity contribution in [1.82, 2.24) is 10.6 Å². The number of aliphatic hydroxyl groups is 2. The lowest BCUT2D eigenvalue weighted by molar-refractivity contribution is -0.123. The van der Waals surface area contributed by atoms with Crippen LogP contribution < -0.4 is 10.6 Å². The van der Waals surface area contributed by atoms with E-state index in [-0.39, 0.29) is 29.0 Å². The van der Waals surface area contributed by atoms with Crippen LogP contribution in [0.2, 0.25) is 10.0 Å². The molecule has 1 heterocycles. The summed E-state index contributed by atoms with van der Waals surface area (Å²) in [5, 5.41) is 36.3. The summed E-state index contributed by atoms with van der Waals surface area (Å²) < 4.78 is 15.6. The Morgan fingerprint density at radius 2 is 2.00 bits per heavy atom. The van der Waals surface area contributed by atoms with Crippen LogP contribution in [0.5, 0.6) is 0 Å². The summed E-state index contributed by atoms with van der Waals surface area (Å²) in [7, 11) is 0. The van der Waals surface area contributed by atoms with E-state index in [2.05, 4.69) is 16.7 Å². The van der Waals surface area contributed by atoms with Crippen LogP contribution in [0, 0.1) is 29.5 Å². The number of aliphatic hydroxyl groups excluding tert-OH is 2. The number of amides is 1. The van der Waals surface area contributed by atoms with Crippen LogP contribution in [-0.4, -0.2) is 47.5 Å². The molecule has 0 bridgehead atoms. The molecule has 37 heavy (non-hydrogen) atoms. The average Bonchev–Trinajstić information content (AvgIpc) is 3.13. The maximum Gasteiger partial charge on any atom is 0.237 e. The van der Waals surface area contributed by atoms with Gasteiger partial charge in [0.2, 0.25) is 5.91 Å². The highest BCUT2D eigenvalue weighted by molar-refractivity contribution is 6.31. The lowest BCUT2D eigenvalue weighted by atomic mass is 9.62. The Morgan fingerprint density at radius 1 is 1.30 bits per heavy atom. The summed E-state index contributed by atoms with van der Waals surface area (Å²) in [4.78, 5) is 13.6. The smallest absolute Gasteiger partial charge is 0.237 e. The van der Waals surface area contributed by atoms with E-state index in [0.717, 1.165) is 5.56 Å². The number of nitrogens with one attached hydrogen (secondary N) is 2. The average molecular weight is 551 g/mol. The topological polar surface area (TPSA) is 105 Å². The fourth-order valence-electron chi connectivity index (χ4n) is 5.39. The largest absolute Gasteiger partial charge is 0.394 e. The van der Waals surface area contributed by atoms with Gasteiger partial charge in [0.1, 0.15) is 11.2 Å². The van der Waals surface area contributed by atoms with Gasteiger partial charge in [0.15, 0.2) is 0 Å². The van der Waals surface area contributed by atoms with Gasteiger partial charge in [-0.3, -0.25) is 4.79 Å². The van der Waals surface area contributed by atoms with Crippen LogP contribution in [0.1, 0.15) is 56.2 Å². The Labute approximate surface area is 227 Å². The van der Waals surface area contributed by atoms with E-state index in [1.54, 1.807) is 30.3 Å². The Bertz CT molecular complexity index is 1180. The maximum absolute atomic E-state index is 15.6. The van der Waals surface area contributed by atoms with Crippen LogP contribution in [-0.2, 0) is 10.2 Å². The van der Waals surface area contributed by atoms with E-state index in [1.165, 1.54) is 6.07 Å². The van der Waals surface area contributed by atoms with Crippen molar-refractivity contribution in [2.75, 3.05) is 13.2 Å². The fourth-order valence-corrected chi connectivity index (χ4v) is 5.79. The third-order valence-corrected chi connectivity index (χ3v) is 7.50. The molecule has 1 fully saturated rings. The molecule has 1 aliphatic rings. The Balaban J connectivity index is 2.24. The number of nitriles is 1. The van der Waals surface area contributed by atoms with Gasteiger partial charge >= 0.3 is 0 Å². The van der Waals surface area contributed by atoms with Gasteiger partial charge in [0, 0.05) is 23.5 Å². The van der Waals surface area contributed by atoms with Crippen molar-refractivity contribution < 1.29 is 19.4 Å². The zero-order valence-corrected chi connectivity index (χ0v) is 23.0. The van der Waals surface area contributed by atoms with E-state index in [4.69, 9.17) is 28.3 Å². The van der Waals surface area contributed by atoms with Crippen LogP contribution in [0.3, 0.4) is 0 Å². The van der Waals surface area contributed by atoms with Gasteiger partial charge < -0.3 is 20.8 Å². The van der Waals surface area contributed by atoms with Crippen LogP contribution in [0.25, 0.3) is 0 Å². The second-order valence-electron chi connectivity index (χ2n) is 10.9. The van der Waals surface area contributed by atoms with Crippen LogP contribution >= 0.6 is 23.2 Å².